The van der Waals surface area contributed by atoms with Crippen LogP contribution < -0.4 is 0 Å². The Balaban J connectivity index is 3.14. The van der Waals surface area contributed by atoms with Gasteiger partial charge in [-0.15, -0.1) is 0 Å². The maximum absolute atomic E-state index is 10.6. The third kappa shape index (κ3) is 15.2. The minimum Gasteiger partial charge on any atom is -0.270 e. The Morgan fingerprint density at radius 2 is 1.71 bits per heavy atom. The van der Waals surface area contributed by atoms with Crippen molar-refractivity contribution in [3.05, 3.63) is 12.8 Å². The Kier molecular flexibility index (Phi) is 9.95. The van der Waals surface area contributed by atoms with Crippen LogP contribution in [0.4, 0.5) is 0 Å². The maximum atomic E-state index is 10.6. The summed E-state index contributed by atoms with van der Waals surface area (Å²) in [7, 11) is -3.27. The summed E-state index contributed by atoms with van der Waals surface area (Å²) in [4.78, 5) is 0. The van der Waals surface area contributed by atoms with Gasteiger partial charge in [-0.05, 0) is 12.8 Å². The molecule has 0 atom stereocenters. The van der Waals surface area contributed by atoms with Crippen LogP contribution >= 0.6 is 0 Å². The molecule has 0 spiro atoms. The summed E-state index contributed by atoms with van der Waals surface area (Å²) in [5.74, 6) is 0. The van der Waals surface area contributed by atoms with Crippen LogP contribution in [0, 0.1) is 0 Å². The van der Waals surface area contributed by atoms with Crippen molar-refractivity contribution < 1.29 is 12.6 Å². The Morgan fingerprint density at radius 3 is 2.29 bits per heavy atom. The zero-order valence-electron chi connectivity index (χ0n) is 10.5. The molecule has 17 heavy (non-hydrogen) atoms. The van der Waals surface area contributed by atoms with Crippen molar-refractivity contribution >= 4 is 10.1 Å². The Morgan fingerprint density at radius 1 is 1.12 bits per heavy atom. The van der Waals surface area contributed by atoms with Crippen LogP contribution in [0.2, 0.25) is 0 Å². The summed E-state index contributed by atoms with van der Waals surface area (Å²) in [6.45, 7) is 4.49. The van der Waals surface area contributed by atoms with E-state index < -0.39 is 10.1 Å². The van der Waals surface area contributed by atoms with Gasteiger partial charge >= 0.3 is 0 Å². The molecule has 0 amide bonds. The number of azo groups is 1. The fourth-order valence-corrected chi connectivity index (χ4v) is 1.74. The van der Waals surface area contributed by atoms with Crippen molar-refractivity contribution in [2.75, 3.05) is 19.4 Å². The molecular formula is C11H22N2O3S. The van der Waals surface area contributed by atoms with E-state index >= 15 is 0 Å². The molecule has 0 saturated carbocycles. The molecule has 0 N–H and O–H groups in total. The highest BCUT2D eigenvalue weighted by atomic mass is 32.2. The van der Waals surface area contributed by atoms with Crippen LogP contribution in [0.15, 0.2) is 23.0 Å². The molecule has 0 rings (SSSR count). The Hall–Kier alpha value is -0.750. The highest BCUT2D eigenvalue weighted by molar-refractivity contribution is 7.85. The number of unbranched alkanes of at least 4 members (excludes halogenated alkanes) is 5. The predicted octanol–water partition coefficient (Wildman–Crippen LogP) is 2.90. The van der Waals surface area contributed by atoms with Crippen LogP contribution in [-0.4, -0.2) is 27.8 Å². The number of nitrogens with zero attached hydrogens (tertiary/aromatic N) is 2. The zero-order chi connectivity index (χ0) is 13.0. The van der Waals surface area contributed by atoms with Gasteiger partial charge in [-0.25, -0.2) is 0 Å². The minimum atomic E-state index is -3.27. The first kappa shape index (κ1) is 16.2. The average molecular weight is 262 g/mol. The van der Waals surface area contributed by atoms with Crippen LogP contribution in [0.25, 0.3) is 0 Å². The molecule has 0 aliphatic carbocycles. The third-order valence-corrected chi connectivity index (χ3v) is 2.71. The lowest BCUT2D eigenvalue weighted by Gasteiger charge is -2.01. The van der Waals surface area contributed by atoms with Crippen LogP contribution in [0.3, 0.4) is 0 Å². The zero-order valence-corrected chi connectivity index (χ0v) is 11.3. The lowest BCUT2D eigenvalue weighted by Crippen LogP contribution is -2.03. The molecular weight excluding hydrogens is 240 g/mol. The molecule has 0 saturated heterocycles. The lowest BCUT2D eigenvalue weighted by molar-refractivity contribution is 0.309. The van der Waals surface area contributed by atoms with E-state index in [0.29, 0.717) is 6.61 Å². The molecule has 0 unspecified atom stereocenters. The van der Waals surface area contributed by atoms with Gasteiger partial charge in [0, 0.05) is 6.20 Å². The van der Waals surface area contributed by atoms with Gasteiger partial charge in [0.2, 0.25) is 0 Å². The molecule has 0 aromatic heterocycles. The van der Waals surface area contributed by atoms with Crippen molar-refractivity contribution in [3.8, 4) is 0 Å². The second-order valence-corrected chi connectivity index (χ2v) is 5.45. The maximum Gasteiger partial charge on any atom is 0.264 e. The largest absolute Gasteiger partial charge is 0.270 e. The van der Waals surface area contributed by atoms with Crippen LogP contribution in [0.5, 0.6) is 0 Å². The van der Waals surface area contributed by atoms with E-state index in [1.165, 1.54) is 6.20 Å². The average Bonchev–Trinajstić information content (AvgIpc) is 2.24. The van der Waals surface area contributed by atoms with Gasteiger partial charge in [0.15, 0.2) is 0 Å². The van der Waals surface area contributed by atoms with E-state index in [-0.39, 0.29) is 0 Å². The van der Waals surface area contributed by atoms with E-state index in [2.05, 4.69) is 21.0 Å². The molecule has 0 bridgehead atoms. The monoisotopic (exact) mass is 262 g/mol. The highest BCUT2D eigenvalue weighted by Gasteiger charge is 1.99. The summed E-state index contributed by atoms with van der Waals surface area (Å²) >= 11 is 0. The summed E-state index contributed by atoms with van der Waals surface area (Å²) < 4.78 is 25.9. The normalized spacial score (nSPS) is 12.1. The molecule has 0 radical (unpaired) electrons. The quantitative estimate of drug-likeness (QED) is 0.326. The van der Waals surface area contributed by atoms with Crippen LogP contribution in [0.1, 0.15) is 38.5 Å². The predicted molar refractivity (Wildman–Crippen MR) is 68.4 cm³/mol. The SMILES string of the molecule is C=CN=NCCCCCCCCOS(C)(=O)=O. The fraction of sp³-hybridized carbons (Fsp3) is 0.818. The third-order valence-electron chi connectivity index (χ3n) is 2.11. The van der Waals surface area contributed by atoms with Gasteiger partial charge < -0.3 is 0 Å². The lowest BCUT2D eigenvalue weighted by atomic mass is 10.1. The van der Waals surface area contributed by atoms with Crippen molar-refractivity contribution in [2.45, 2.75) is 38.5 Å². The van der Waals surface area contributed by atoms with E-state index in [9.17, 15) is 8.42 Å². The van der Waals surface area contributed by atoms with Crippen molar-refractivity contribution in [1.82, 2.24) is 0 Å². The number of hydrogen-bond acceptors (Lipinski definition) is 5. The summed E-state index contributed by atoms with van der Waals surface area (Å²) in [5.41, 5.74) is 0. The first-order valence-electron chi connectivity index (χ1n) is 5.88. The molecule has 100 valence electrons. The van der Waals surface area contributed by atoms with E-state index in [1.54, 1.807) is 0 Å². The fourth-order valence-electron chi connectivity index (χ4n) is 1.32. The van der Waals surface area contributed by atoms with Crippen molar-refractivity contribution in [3.63, 3.8) is 0 Å². The standard InChI is InChI=1S/C11H22N2O3S/c1-3-12-13-10-8-6-4-5-7-9-11-16-17(2,14)15/h3H,1,4-11H2,2H3. The van der Waals surface area contributed by atoms with Crippen molar-refractivity contribution in [2.24, 2.45) is 10.2 Å². The molecule has 0 aliphatic rings. The summed E-state index contributed by atoms with van der Waals surface area (Å²) in [6.07, 6.45) is 8.72. The summed E-state index contributed by atoms with van der Waals surface area (Å²) in [5, 5.41) is 7.55. The van der Waals surface area contributed by atoms with E-state index in [4.69, 9.17) is 0 Å². The molecule has 0 aliphatic heterocycles. The molecule has 6 heteroatoms. The second-order valence-electron chi connectivity index (χ2n) is 3.81. The first-order chi connectivity index (χ1) is 8.06. The Labute approximate surface area is 104 Å². The number of rotatable bonds is 11. The van der Waals surface area contributed by atoms with Crippen molar-refractivity contribution in [1.29, 1.82) is 0 Å². The molecule has 0 fully saturated rings. The van der Waals surface area contributed by atoms with Gasteiger partial charge in [0.25, 0.3) is 10.1 Å². The topological polar surface area (TPSA) is 68.1 Å². The molecule has 0 aromatic carbocycles. The van der Waals surface area contributed by atoms with E-state index in [0.717, 1.165) is 51.3 Å². The Bertz CT molecular complexity index is 313. The van der Waals surface area contributed by atoms with Crippen LogP contribution in [-0.2, 0) is 14.3 Å². The highest BCUT2D eigenvalue weighted by Crippen LogP contribution is 2.06. The van der Waals surface area contributed by atoms with Gasteiger partial charge in [-0.2, -0.15) is 18.6 Å². The first-order valence-corrected chi connectivity index (χ1v) is 7.70. The van der Waals surface area contributed by atoms with Gasteiger partial charge in [0.05, 0.1) is 19.4 Å². The number of hydrogen-bond donors (Lipinski definition) is 0. The molecule has 0 heterocycles. The molecule has 0 aromatic rings. The summed E-state index contributed by atoms with van der Waals surface area (Å²) in [6, 6.07) is 0. The minimum absolute atomic E-state index is 0.298. The van der Waals surface area contributed by atoms with E-state index in [1.807, 2.05) is 0 Å². The van der Waals surface area contributed by atoms with Gasteiger partial charge in [0.1, 0.15) is 0 Å². The van der Waals surface area contributed by atoms with Gasteiger partial charge in [-0.3, -0.25) is 4.18 Å². The smallest absolute Gasteiger partial charge is 0.264 e. The molecule has 5 nitrogen and oxygen atoms in total. The second kappa shape index (κ2) is 10.4. The van der Waals surface area contributed by atoms with Gasteiger partial charge in [-0.1, -0.05) is 32.3 Å².